The van der Waals surface area contributed by atoms with Crippen LogP contribution in [0.15, 0.2) is 75.8 Å². The normalized spacial score (nSPS) is 16.6. The highest BCUT2D eigenvalue weighted by Crippen LogP contribution is 2.42. The Morgan fingerprint density at radius 3 is 2.23 bits per heavy atom. The summed E-state index contributed by atoms with van der Waals surface area (Å²) < 4.78 is 15.5. The van der Waals surface area contributed by atoms with E-state index in [0.29, 0.717) is 28.3 Å². The molecule has 202 valence electrons. The molecule has 1 atom stereocenters. The summed E-state index contributed by atoms with van der Waals surface area (Å²) in [7, 11) is 1.55. The van der Waals surface area contributed by atoms with Gasteiger partial charge in [-0.25, -0.2) is 14.6 Å². The third-order valence-corrected chi connectivity index (χ3v) is 6.88. The van der Waals surface area contributed by atoms with Gasteiger partial charge in [-0.1, -0.05) is 12.1 Å². The van der Waals surface area contributed by atoms with E-state index >= 15 is 0 Å². The number of carbonyl (C=O) groups is 4. The monoisotopic (exact) mass is 549 g/mol. The fraction of sp³-hybridized carbons (Fsp3) is 0.250. The van der Waals surface area contributed by atoms with Crippen LogP contribution in [0.25, 0.3) is 0 Å². The number of esters is 2. The third kappa shape index (κ3) is 5.88. The van der Waals surface area contributed by atoms with E-state index in [1.807, 2.05) is 0 Å². The lowest BCUT2D eigenvalue weighted by molar-refractivity contribution is -0.139. The first kappa shape index (κ1) is 27.6. The van der Waals surface area contributed by atoms with Gasteiger partial charge in [0, 0.05) is 11.8 Å². The number of nitrogens with one attached hydrogen (secondary N) is 1. The fourth-order valence-corrected chi connectivity index (χ4v) is 5.05. The van der Waals surface area contributed by atoms with Crippen molar-refractivity contribution in [3.05, 3.63) is 81.9 Å². The van der Waals surface area contributed by atoms with Gasteiger partial charge in [0.05, 0.1) is 48.1 Å². The van der Waals surface area contributed by atoms with Gasteiger partial charge in [0.2, 0.25) is 0 Å². The number of hydrogen-bond acceptors (Lipinski definition) is 9. The Balaban J connectivity index is 1.63. The van der Waals surface area contributed by atoms with Gasteiger partial charge in [0.1, 0.15) is 5.75 Å². The van der Waals surface area contributed by atoms with E-state index in [0.717, 1.165) is 11.8 Å². The number of thioether (sulfide) groups is 1. The molecule has 2 amide bonds. The number of fused-ring (bicyclic) bond motifs is 1. The first-order chi connectivity index (χ1) is 18.8. The minimum Gasteiger partial charge on any atom is -0.497 e. The third-order valence-electron chi connectivity index (χ3n) is 5.89. The highest BCUT2D eigenvalue weighted by Gasteiger charge is 2.42. The number of amides is 2. The molecule has 2 aliphatic heterocycles. The van der Waals surface area contributed by atoms with Crippen LogP contribution in [-0.4, -0.2) is 54.1 Å². The lowest BCUT2D eigenvalue weighted by Crippen LogP contribution is -2.45. The second kappa shape index (κ2) is 12.0. The minimum atomic E-state index is -0.807. The number of methoxy groups -OCH3 is 1. The molecule has 2 heterocycles. The van der Waals surface area contributed by atoms with E-state index in [4.69, 9.17) is 14.2 Å². The SMILES string of the molecule is CCOC(=O)C1=C(C)N=C2SC(C(=O)Nc3ccc(C(=O)OCC)cc3)=CC(=O)N2[C@@H]1c1ccc(OC)cc1. The van der Waals surface area contributed by atoms with Gasteiger partial charge in [-0.2, -0.15) is 0 Å². The first-order valence-electron chi connectivity index (χ1n) is 12.2. The number of anilines is 1. The molecule has 0 saturated heterocycles. The Morgan fingerprint density at radius 2 is 1.62 bits per heavy atom. The fourth-order valence-electron chi connectivity index (χ4n) is 4.08. The van der Waals surface area contributed by atoms with Gasteiger partial charge in [-0.3, -0.25) is 14.5 Å². The van der Waals surface area contributed by atoms with Crippen LogP contribution in [0.4, 0.5) is 5.69 Å². The molecule has 2 aliphatic rings. The number of nitrogens with zero attached hydrogens (tertiary/aromatic N) is 2. The van der Waals surface area contributed by atoms with Crippen molar-refractivity contribution < 1.29 is 33.4 Å². The maximum Gasteiger partial charge on any atom is 0.338 e. The number of carbonyl (C=O) groups excluding carboxylic acids is 4. The summed E-state index contributed by atoms with van der Waals surface area (Å²) in [5, 5.41) is 2.99. The zero-order valence-electron chi connectivity index (χ0n) is 21.8. The molecule has 0 bridgehead atoms. The lowest BCUT2D eigenvalue weighted by atomic mass is 9.94. The van der Waals surface area contributed by atoms with Gasteiger partial charge in [-0.05, 0) is 74.5 Å². The summed E-state index contributed by atoms with van der Waals surface area (Å²) >= 11 is 1.02. The number of amidine groups is 1. The van der Waals surface area contributed by atoms with Gasteiger partial charge >= 0.3 is 11.9 Å². The summed E-state index contributed by atoms with van der Waals surface area (Å²) in [6, 6.07) is 12.4. The van der Waals surface area contributed by atoms with Crippen molar-refractivity contribution in [2.45, 2.75) is 26.8 Å². The van der Waals surface area contributed by atoms with Crippen LogP contribution in [0.1, 0.15) is 42.7 Å². The largest absolute Gasteiger partial charge is 0.497 e. The molecule has 0 radical (unpaired) electrons. The van der Waals surface area contributed by atoms with Gasteiger partial charge in [0.15, 0.2) is 5.17 Å². The van der Waals surface area contributed by atoms with Crippen LogP contribution >= 0.6 is 11.8 Å². The molecule has 0 fully saturated rings. The van der Waals surface area contributed by atoms with Crippen molar-refractivity contribution in [2.24, 2.45) is 4.99 Å². The molecule has 2 aromatic rings. The van der Waals surface area contributed by atoms with E-state index in [1.165, 1.54) is 11.0 Å². The number of benzene rings is 2. The molecule has 0 saturated carbocycles. The number of ether oxygens (including phenoxy) is 3. The second-order valence-electron chi connectivity index (χ2n) is 8.36. The summed E-state index contributed by atoms with van der Waals surface area (Å²) in [6.45, 7) is 5.51. The van der Waals surface area contributed by atoms with Crippen molar-refractivity contribution in [1.29, 1.82) is 0 Å². The molecular formula is C28H27N3O7S. The smallest absolute Gasteiger partial charge is 0.338 e. The maximum atomic E-state index is 13.4. The topological polar surface area (TPSA) is 124 Å². The van der Waals surface area contributed by atoms with E-state index < -0.39 is 29.8 Å². The highest BCUT2D eigenvalue weighted by molar-refractivity contribution is 8.18. The molecule has 0 aromatic heterocycles. The summed E-state index contributed by atoms with van der Waals surface area (Å²) in [5.41, 5.74) is 2.07. The van der Waals surface area contributed by atoms with Crippen molar-refractivity contribution in [2.75, 3.05) is 25.6 Å². The quantitative estimate of drug-likeness (QED) is 0.486. The van der Waals surface area contributed by atoms with Gasteiger partial charge < -0.3 is 19.5 Å². The Hall–Kier alpha value is -4.38. The van der Waals surface area contributed by atoms with Crippen molar-refractivity contribution in [3.8, 4) is 5.75 Å². The van der Waals surface area contributed by atoms with E-state index in [2.05, 4.69) is 10.3 Å². The van der Waals surface area contributed by atoms with Gasteiger partial charge in [-0.15, -0.1) is 0 Å². The molecule has 1 N–H and O–H groups in total. The molecule has 2 aromatic carbocycles. The van der Waals surface area contributed by atoms with Crippen LogP contribution in [0, 0.1) is 0 Å². The Bertz CT molecular complexity index is 1400. The zero-order chi connectivity index (χ0) is 28.1. The van der Waals surface area contributed by atoms with Crippen LogP contribution in [0.5, 0.6) is 5.75 Å². The van der Waals surface area contributed by atoms with Crippen LogP contribution in [0.3, 0.4) is 0 Å². The predicted octanol–water partition coefficient (Wildman–Crippen LogP) is 4.22. The van der Waals surface area contributed by atoms with Crippen LogP contribution < -0.4 is 10.1 Å². The van der Waals surface area contributed by atoms with Crippen LogP contribution in [0.2, 0.25) is 0 Å². The van der Waals surface area contributed by atoms with E-state index in [9.17, 15) is 19.2 Å². The zero-order valence-corrected chi connectivity index (χ0v) is 22.7. The summed E-state index contributed by atoms with van der Waals surface area (Å²) in [6.07, 6.45) is 1.21. The maximum absolute atomic E-state index is 13.4. The minimum absolute atomic E-state index is 0.130. The Morgan fingerprint density at radius 1 is 0.974 bits per heavy atom. The van der Waals surface area contributed by atoms with Crippen molar-refractivity contribution in [3.63, 3.8) is 0 Å². The van der Waals surface area contributed by atoms with Crippen molar-refractivity contribution in [1.82, 2.24) is 4.90 Å². The summed E-state index contributed by atoms with van der Waals surface area (Å²) in [4.78, 5) is 57.3. The van der Waals surface area contributed by atoms with E-state index in [-0.39, 0.29) is 28.9 Å². The number of rotatable bonds is 8. The Kier molecular flexibility index (Phi) is 8.50. The van der Waals surface area contributed by atoms with Crippen LogP contribution in [-0.2, 0) is 23.9 Å². The number of hydrogen-bond donors (Lipinski definition) is 1. The number of allylic oxidation sites excluding steroid dienone is 1. The second-order valence-corrected chi connectivity index (χ2v) is 9.37. The molecule has 0 aliphatic carbocycles. The Labute approximate surface area is 229 Å². The average molecular weight is 550 g/mol. The molecule has 10 nitrogen and oxygen atoms in total. The summed E-state index contributed by atoms with van der Waals surface area (Å²) in [5.74, 6) is -1.44. The molecule has 0 unspecified atom stereocenters. The molecule has 11 heteroatoms. The van der Waals surface area contributed by atoms with Gasteiger partial charge in [0.25, 0.3) is 11.8 Å². The van der Waals surface area contributed by atoms with E-state index in [1.54, 1.807) is 76.4 Å². The lowest BCUT2D eigenvalue weighted by Gasteiger charge is -2.38. The first-order valence-corrected chi connectivity index (χ1v) is 13.0. The van der Waals surface area contributed by atoms with Crippen molar-refractivity contribution >= 4 is 46.4 Å². The standard InChI is InChI=1S/C28H27N3O7S/c1-5-37-26(34)18-7-11-19(12-8-18)30-25(33)21-15-22(32)31-24(17-9-13-20(36-4)14-10-17)23(27(35)38-6-2)16(3)29-28(31)39-21/h7-15,24H,5-6H2,1-4H3,(H,30,33)/t24-/m1/s1. The highest BCUT2D eigenvalue weighted by atomic mass is 32.2. The molecule has 4 rings (SSSR count). The molecular weight excluding hydrogens is 522 g/mol. The molecule has 39 heavy (non-hydrogen) atoms. The number of aliphatic imine (C=N–C) groups is 1. The molecule has 0 spiro atoms. The average Bonchev–Trinajstić information content (AvgIpc) is 2.92. The predicted molar refractivity (Wildman–Crippen MR) is 146 cm³/mol.